The summed E-state index contributed by atoms with van der Waals surface area (Å²) in [6, 6.07) is 8.19. The van der Waals surface area contributed by atoms with E-state index < -0.39 is 0 Å². The van der Waals surface area contributed by atoms with E-state index in [0.29, 0.717) is 0 Å². The molecule has 0 fully saturated rings. The Morgan fingerprint density at radius 3 is 2.94 bits per heavy atom. The fraction of sp³-hybridized carbons (Fsp3) is 0.231. The van der Waals surface area contributed by atoms with Crippen molar-refractivity contribution in [3.05, 3.63) is 42.1 Å². The molecule has 2 aliphatic heterocycles. The van der Waals surface area contributed by atoms with Crippen LogP contribution in [0.5, 0.6) is 0 Å². The Labute approximate surface area is 100 Å². The number of allylic oxidation sites excluding steroid dienone is 1. The summed E-state index contributed by atoms with van der Waals surface area (Å²) in [4.78, 5) is 9.05. The molecule has 3 rings (SSSR count). The maximum atomic E-state index is 4.64. The molecule has 2 N–H and O–H groups in total. The van der Waals surface area contributed by atoms with E-state index in [2.05, 4.69) is 32.8 Å². The fourth-order valence-corrected chi connectivity index (χ4v) is 2.10. The quantitative estimate of drug-likeness (QED) is 0.766. The number of anilines is 1. The lowest BCUT2D eigenvalue weighted by molar-refractivity contribution is 0.743. The van der Waals surface area contributed by atoms with Crippen molar-refractivity contribution >= 4 is 17.6 Å². The summed E-state index contributed by atoms with van der Waals surface area (Å²) in [5.74, 6) is 0. The van der Waals surface area contributed by atoms with Gasteiger partial charge in [0.2, 0.25) is 0 Å². The molecule has 2 heterocycles. The van der Waals surface area contributed by atoms with Crippen LogP contribution in [0.4, 0.5) is 5.69 Å². The molecule has 4 nitrogen and oxygen atoms in total. The molecule has 1 aromatic rings. The smallest absolute Gasteiger partial charge is 0.161 e. The van der Waals surface area contributed by atoms with Gasteiger partial charge in [-0.3, -0.25) is 9.98 Å². The highest BCUT2D eigenvalue weighted by atomic mass is 15.1. The lowest BCUT2D eigenvalue weighted by atomic mass is 10.0. The van der Waals surface area contributed by atoms with Crippen molar-refractivity contribution in [2.24, 2.45) is 9.98 Å². The second kappa shape index (κ2) is 4.05. The standard InChI is InChI=1S/C13H14N4/c1-9-16-11-6-3-2-5-10(11)12(17-9)13-14-7-4-8-15-13/h2-9,13-14,16H,1H3. The normalized spacial score (nSPS) is 25.6. The van der Waals surface area contributed by atoms with Crippen molar-refractivity contribution in [1.82, 2.24) is 5.32 Å². The maximum absolute atomic E-state index is 4.64. The molecule has 0 saturated carbocycles. The third kappa shape index (κ3) is 1.82. The summed E-state index contributed by atoms with van der Waals surface area (Å²) in [7, 11) is 0. The van der Waals surface area contributed by atoms with Crippen LogP contribution < -0.4 is 10.6 Å². The topological polar surface area (TPSA) is 48.8 Å². The third-order valence-corrected chi connectivity index (χ3v) is 2.83. The Kier molecular flexibility index (Phi) is 2.40. The second-order valence-corrected chi connectivity index (χ2v) is 4.11. The molecule has 0 bridgehead atoms. The summed E-state index contributed by atoms with van der Waals surface area (Å²) in [6.45, 7) is 2.04. The number of aliphatic imine (C=N–C) groups is 2. The van der Waals surface area contributed by atoms with Crippen molar-refractivity contribution < 1.29 is 0 Å². The summed E-state index contributed by atoms with van der Waals surface area (Å²) in [5.41, 5.74) is 3.24. The van der Waals surface area contributed by atoms with E-state index in [1.54, 1.807) is 6.21 Å². The van der Waals surface area contributed by atoms with Crippen LogP contribution in [-0.4, -0.2) is 24.3 Å². The van der Waals surface area contributed by atoms with E-state index in [1.165, 1.54) is 0 Å². The number of hydrogen-bond donors (Lipinski definition) is 2. The molecule has 4 heteroatoms. The molecule has 0 amide bonds. The van der Waals surface area contributed by atoms with Gasteiger partial charge in [-0.05, 0) is 25.3 Å². The number of hydrogen-bond acceptors (Lipinski definition) is 4. The first-order valence-corrected chi connectivity index (χ1v) is 5.72. The van der Waals surface area contributed by atoms with E-state index in [0.717, 1.165) is 17.0 Å². The van der Waals surface area contributed by atoms with Crippen LogP contribution in [0.25, 0.3) is 0 Å². The summed E-state index contributed by atoms with van der Waals surface area (Å²) < 4.78 is 0. The molecule has 86 valence electrons. The molecule has 2 unspecified atom stereocenters. The van der Waals surface area contributed by atoms with Crippen LogP contribution >= 0.6 is 0 Å². The van der Waals surface area contributed by atoms with E-state index in [1.807, 2.05) is 31.3 Å². The molecule has 0 radical (unpaired) electrons. The maximum Gasteiger partial charge on any atom is 0.161 e. The first-order chi connectivity index (χ1) is 8.34. The number of nitrogens with zero attached hydrogens (tertiary/aromatic N) is 2. The summed E-state index contributed by atoms with van der Waals surface area (Å²) in [6.07, 6.45) is 5.59. The zero-order chi connectivity index (χ0) is 11.7. The van der Waals surface area contributed by atoms with Gasteiger partial charge >= 0.3 is 0 Å². The van der Waals surface area contributed by atoms with Gasteiger partial charge in [0, 0.05) is 17.5 Å². The minimum Gasteiger partial charge on any atom is -0.365 e. The van der Waals surface area contributed by atoms with Crippen molar-refractivity contribution in [2.45, 2.75) is 19.3 Å². The van der Waals surface area contributed by atoms with Crippen LogP contribution in [0.1, 0.15) is 12.5 Å². The molecule has 0 spiro atoms. The van der Waals surface area contributed by atoms with Crippen LogP contribution in [0.15, 0.2) is 46.5 Å². The van der Waals surface area contributed by atoms with Gasteiger partial charge in [-0.25, -0.2) is 0 Å². The first kappa shape index (κ1) is 10.1. The third-order valence-electron chi connectivity index (χ3n) is 2.83. The molecule has 1 aromatic carbocycles. The van der Waals surface area contributed by atoms with Crippen LogP contribution in [-0.2, 0) is 0 Å². The van der Waals surface area contributed by atoms with Gasteiger partial charge in [-0.2, -0.15) is 0 Å². The van der Waals surface area contributed by atoms with Crippen molar-refractivity contribution in [3.8, 4) is 0 Å². The molecule has 2 aliphatic rings. The highest BCUT2D eigenvalue weighted by molar-refractivity contribution is 6.10. The van der Waals surface area contributed by atoms with Crippen LogP contribution in [0.2, 0.25) is 0 Å². The highest BCUT2D eigenvalue weighted by Gasteiger charge is 2.23. The van der Waals surface area contributed by atoms with Crippen molar-refractivity contribution in [1.29, 1.82) is 0 Å². The largest absolute Gasteiger partial charge is 0.365 e. The van der Waals surface area contributed by atoms with Crippen LogP contribution in [0, 0.1) is 0 Å². The average molecular weight is 226 g/mol. The monoisotopic (exact) mass is 226 g/mol. The first-order valence-electron chi connectivity index (χ1n) is 5.72. The van der Waals surface area contributed by atoms with Crippen molar-refractivity contribution in [2.75, 3.05) is 5.32 Å². The number of nitrogens with one attached hydrogen (secondary N) is 2. The van der Waals surface area contributed by atoms with Gasteiger partial charge in [0.05, 0.1) is 5.71 Å². The summed E-state index contributed by atoms with van der Waals surface area (Å²) in [5, 5.41) is 6.56. The number of para-hydroxylation sites is 1. The molecule has 2 atom stereocenters. The second-order valence-electron chi connectivity index (χ2n) is 4.11. The molecule has 0 aromatic heterocycles. The van der Waals surface area contributed by atoms with Crippen LogP contribution in [0.3, 0.4) is 0 Å². The number of benzene rings is 1. The van der Waals surface area contributed by atoms with Gasteiger partial charge in [0.1, 0.15) is 6.17 Å². The molecular weight excluding hydrogens is 212 g/mol. The summed E-state index contributed by atoms with van der Waals surface area (Å²) >= 11 is 0. The lowest BCUT2D eigenvalue weighted by Gasteiger charge is -2.27. The zero-order valence-electron chi connectivity index (χ0n) is 9.59. The SMILES string of the molecule is CC1N=C(C2N=CC=CN2)c2ccccc2N1. The Morgan fingerprint density at radius 2 is 2.12 bits per heavy atom. The molecular formula is C13H14N4. The Hall–Kier alpha value is -2.10. The predicted octanol–water partition coefficient (Wildman–Crippen LogP) is 1.76. The van der Waals surface area contributed by atoms with Gasteiger partial charge in [0.15, 0.2) is 6.17 Å². The van der Waals surface area contributed by atoms with Crippen molar-refractivity contribution in [3.63, 3.8) is 0 Å². The minimum atomic E-state index is -0.0781. The average Bonchev–Trinajstić information content (AvgIpc) is 2.39. The van der Waals surface area contributed by atoms with E-state index in [9.17, 15) is 0 Å². The van der Waals surface area contributed by atoms with Gasteiger partial charge in [-0.15, -0.1) is 0 Å². The predicted molar refractivity (Wildman–Crippen MR) is 70.6 cm³/mol. The van der Waals surface area contributed by atoms with Gasteiger partial charge < -0.3 is 10.6 Å². The molecule has 17 heavy (non-hydrogen) atoms. The highest BCUT2D eigenvalue weighted by Crippen LogP contribution is 2.24. The zero-order valence-corrected chi connectivity index (χ0v) is 9.59. The Morgan fingerprint density at radius 1 is 1.24 bits per heavy atom. The fourth-order valence-electron chi connectivity index (χ4n) is 2.10. The Bertz CT molecular complexity index is 516. The van der Waals surface area contributed by atoms with Gasteiger partial charge in [-0.1, -0.05) is 18.2 Å². The minimum absolute atomic E-state index is 0.0781. The van der Waals surface area contributed by atoms with E-state index in [4.69, 9.17) is 0 Å². The van der Waals surface area contributed by atoms with Gasteiger partial charge in [0.25, 0.3) is 0 Å². The number of rotatable bonds is 1. The molecule has 0 aliphatic carbocycles. The lowest BCUT2D eigenvalue weighted by Crippen LogP contribution is -2.38. The number of fused-ring (bicyclic) bond motifs is 1. The van der Waals surface area contributed by atoms with E-state index in [-0.39, 0.29) is 12.3 Å². The van der Waals surface area contributed by atoms with E-state index >= 15 is 0 Å². The Balaban J connectivity index is 2.02. The molecule has 0 saturated heterocycles.